The average molecular weight is 457 g/mol. The van der Waals surface area contributed by atoms with Gasteiger partial charge >= 0.3 is 0 Å². The van der Waals surface area contributed by atoms with Crippen molar-refractivity contribution < 1.29 is 14.4 Å². The lowest BCUT2D eigenvalue weighted by atomic mass is 9.94. The van der Waals surface area contributed by atoms with Crippen LogP contribution in [0.1, 0.15) is 58.3 Å². The van der Waals surface area contributed by atoms with Crippen LogP contribution in [0.4, 0.5) is 0 Å². The van der Waals surface area contributed by atoms with E-state index < -0.39 is 0 Å². The van der Waals surface area contributed by atoms with E-state index in [4.69, 9.17) is 4.84 Å². The Hall–Kier alpha value is -3.44. The lowest BCUT2D eigenvalue weighted by Crippen LogP contribution is -2.25. The minimum atomic E-state index is -0.112. The van der Waals surface area contributed by atoms with E-state index in [0.29, 0.717) is 26.1 Å². The van der Waals surface area contributed by atoms with Crippen LogP contribution in [0.3, 0.4) is 0 Å². The molecule has 0 saturated heterocycles. The molecule has 34 heavy (non-hydrogen) atoms. The third-order valence-corrected chi connectivity index (χ3v) is 6.17. The highest BCUT2D eigenvalue weighted by Crippen LogP contribution is 2.33. The first-order valence-electron chi connectivity index (χ1n) is 12.0. The van der Waals surface area contributed by atoms with Gasteiger partial charge in [-0.1, -0.05) is 78.2 Å². The summed E-state index contributed by atoms with van der Waals surface area (Å²) in [4.78, 5) is 32.1. The third kappa shape index (κ3) is 5.91. The SMILES string of the molecule is Cc1cc(C)cc(-c2cccc3c2CN(CCCCCC(=O)NOCc2ccccc2)C3=O)c1. The highest BCUT2D eigenvalue weighted by atomic mass is 16.6. The van der Waals surface area contributed by atoms with Gasteiger partial charge < -0.3 is 4.90 Å². The number of amides is 2. The van der Waals surface area contributed by atoms with Crippen LogP contribution in [0.15, 0.2) is 66.7 Å². The van der Waals surface area contributed by atoms with Crippen molar-refractivity contribution in [1.29, 1.82) is 0 Å². The van der Waals surface area contributed by atoms with E-state index in [1.165, 1.54) is 16.7 Å². The lowest BCUT2D eigenvalue weighted by Gasteiger charge is -2.15. The first-order valence-corrected chi connectivity index (χ1v) is 12.0. The van der Waals surface area contributed by atoms with E-state index in [9.17, 15) is 9.59 Å². The van der Waals surface area contributed by atoms with Crippen molar-refractivity contribution in [2.24, 2.45) is 0 Å². The maximum atomic E-state index is 13.0. The van der Waals surface area contributed by atoms with Crippen LogP contribution in [0.25, 0.3) is 11.1 Å². The Labute approximate surface area is 201 Å². The molecule has 0 aromatic heterocycles. The summed E-state index contributed by atoms with van der Waals surface area (Å²) in [7, 11) is 0. The molecule has 4 rings (SSSR count). The van der Waals surface area contributed by atoms with Gasteiger partial charge in [0, 0.05) is 25.1 Å². The lowest BCUT2D eigenvalue weighted by molar-refractivity contribution is -0.134. The molecule has 1 aliphatic heterocycles. The normalized spacial score (nSPS) is 12.6. The fourth-order valence-corrected chi connectivity index (χ4v) is 4.56. The topological polar surface area (TPSA) is 58.6 Å². The van der Waals surface area contributed by atoms with Gasteiger partial charge in [0.15, 0.2) is 0 Å². The van der Waals surface area contributed by atoms with Crippen molar-refractivity contribution >= 4 is 11.8 Å². The van der Waals surface area contributed by atoms with Gasteiger partial charge in [0.25, 0.3) is 5.91 Å². The first kappa shape index (κ1) is 23.7. The number of benzene rings is 3. The van der Waals surface area contributed by atoms with Gasteiger partial charge in [-0.05, 0) is 55.0 Å². The zero-order chi connectivity index (χ0) is 23.9. The second-order valence-corrected chi connectivity index (χ2v) is 9.04. The van der Waals surface area contributed by atoms with E-state index in [0.717, 1.165) is 41.5 Å². The number of hydroxylamine groups is 1. The molecular formula is C29H32N2O3. The average Bonchev–Trinajstić information content (AvgIpc) is 3.14. The van der Waals surface area contributed by atoms with Crippen LogP contribution in [0.2, 0.25) is 0 Å². The number of rotatable bonds is 10. The summed E-state index contributed by atoms with van der Waals surface area (Å²) in [6.07, 6.45) is 2.94. The van der Waals surface area contributed by atoms with Crippen molar-refractivity contribution in [3.05, 3.63) is 94.5 Å². The highest BCUT2D eigenvalue weighted by Gasteiger charge is 2.29. The number of nitrogens with zero attached hydrogens (tertiary/aromatic N) is 1. The van der Waals surface area contributed by atoms with Gasteiger partial charge in [-0.2, -0.15) is 0 Å². The Morgan fingerprint density at radius 1 is 0.912 bits per heavy atom. The Kier molecular flexibility index (Phi) is 7.76. The van der Waals surface area contributed by atoms with Crippen molar-refractivity contribution in [3.8, 4) is 11.1 Å². The van der Waals surface area contributed by atoms with Crippen LogP contribution >= 0.6 is 0 Å². The highest BCUT2D eigenvalue weighted by molar-refractivity contribution is 6.00. The Morgan fingerprint density at radius 2 is 1.65 bits per heavy atom. The molecule has 0 unspecified atom stereocenters. The molecule has 1 N–H and O–H groups in total. The number of carbonyl (C=O) groups excluding carboxylic acids is 2. The van der Waals surface area contributed by atoms with Gasteiger partial charge in [0.05, 0.1) is 6.61 Å². The first-order chi connectivity index (χ1) is 16.5. The molecule has 2 amide bonds. The van der Waals surface area contributed by atoms with Crippen molar-refractivity contribution in [3.63, 3.8) is 0 Å². The summed E-state index contributed by atoms with van der Waals surface area (Å²) in [6.45, 7) is 5.91. The molecule has 3 aromatic rings. The van der Waals surface area contributed by atoms with Gasteiger partial charge in [0.1, 0.15) is 0 Å². The van der Waals surface area contributed by atoms with Crippen LogP contribution in [-0.4, -0.2) is 23.3 Å². The maximum absolute atomic E-state index is 13.0. The van der Waals surface area contributed by atoms with E-state index >= 15 is 0 Å². The van der Waals surface area contributed by atoms with Crippen LogP contribution in [0.5, 0.6) is 0 Å². The number of hydrogen-bond donors (Lipinski definition) is 1. The van der Waals surface area contributed by atoms with E-state index in [2.05, 4.69) is 43.6 Å². The molecule has 0 radical (unpaired) electrons. The monoisotopic (exact) mass is 456 g/mol. The molecule has 0 aliphatic carbocycles. The molecule has 3 aromatic carbocycles. The zero-order valence-electron chi connectivity index (χ0n) is 20.0. The molecule has 5 heteroatoms. The predicted molar refractivity (Wildman–Crippen MR) is 134 cm³/mol. The molecule has 0 bridgehead atoms. The van der Waals surface area contributed by atoms with Crippen molar-refractivity contribution in [2.45, 2.75) is 52.7 Å². The standard InChI is InChI=1S/C29H32N2O3/c1-21-16-22(2)18-24(17-21)25-12-9-13-26-27(25)19-31(29(26)33)15-8-4-7-14-28(32)30-34-20-23-10-5-3-6-11-23/h3,5-6,9-13,16-18H,4,7-8,14-15,19-20H2,1-2H3,(H,30,32). The van der Waals surface area contributed by atoms with Crippen LogP contribution in [-0.2, 0) is 22.8 Å². The molecule has 0 saturated carbocycles. The van der Waals surface area contributed by atoms with E-state index in [-0.39, 0.29) is 11.8 Å². The number of fused-ring (bicyclic) bond motifs is 1. The fraction of sp³-hybridized carbons (Fsp3) is 0.310. The minimum Gasteiger partial charge on any atom is -0.334 e. The summed E-state index contributed by atoms with van der Waals surface area (Å²) >= 11 is 0. The predicted octanol–water partition coefficient (Wildman–Crippen LogP) is 5.73. The Bertz CT molecular complexity index is 1140. The molecule has 0 atom stereocenters. The largest absolute Gasteiger partial charge is 0.334 e. The third-order valence-electron chi connectivity index (χ3n) is 6.17. The van der Waals surface area contributed by atoms with Gasteiger partial charge in [-0.3, -0.25) is 14.4 Å². The summed E-state index contributed by atoms with van der Waals surface area (Å²) in [5, 5.41) is 0. The molecule has 1 aliphatic rings. The second-order valence-electron chi connectivity index (χ2n) is 9.04. The van der Waals surface area contributed by atoms with E-state index in [1.54, 1.807) is 0 Å². The summed E-state index contributed by atoms with van der Waals surface area (Å²) in [5.74, 6) is -0.00745. The van der Waals surface area contributed by atoms with Crippen molar-refractivity contribution in [2.75, 3.05) is 6.54 Å². The molecule has 0 spiro atoms. The van der Waals surface area contributed by atoms with Crippen LogP contribution in [0, 0.1) is 13.8 Å². The number of hydrogen-bond acceptors (Lipinski definition) is 3. The number of carbonyl (C=O) groups is 2. The summed E-state index contributed by atoms with van der Waals surface area (Å²) < 4.78 is 0. The van der Waals surface area contributed by atoms with Crippen LogP contribution < -0.4 is 5.48 Å². The molecule has 5 nitrogen and oxygen atoms in total. The quantitative estimate of drug-likeness (QED) is 0.313. The van der Waals surface area contributed by atoms with Gasteiger partial charge in [0.2, 0.25) is 5.91 Å². The molecular weight excluding hydrogens is 424 g/mol. The van der Waals surface area contributed by atoms with Gasteiger partial charge in [-0.15, -0.1) is 0 Å². The zero-order valence-corrected chi connectivity index (χ0v) is 20.0. The van der Waals surface area contributed by atoms with E-state index in [1.807, 2.05) is 47.4 Å². The minimum absolute atomic E-state index is 0.105. The number of unbranched alkanes of at least 4 members (excludes halogenated alkanes) is 2. The molecule has 0 fully saturated rings. The number of nitrogens with one attached hydrogen (secondary N) is 1. The van der Waals surface area contributed by atoms with Gasteiger partial charge in [-0.25, -0.2) is 5.48 Å². The fourth-order valence-electron chi connectivity index (χ4n) is 4.56. The summed E-state index contributed by atoms with van der Waals surface area (Å²) in [5.41, 5.74) is 10.2. The maximum Gasteiger partial charge on any atom is 0.254 e. The van der Waals surface area contributed by atoms with Crippen molar-refractivity contribution in [1.82, 2.24) is 10.4 Å². The Balaban J connectivity index is 1.22. The number of aryl methyl sites for hydroxylation is 2. The second kappa shape index (κ2) is 11.1. The summed E-state index contributed by atoms with van der Waals surface area (Å²) in [6, 6.07) is 22.3. The molecule has 176 valence electrons. The molecule has 1 heterocycles. The Morgan fingerprint density at radius 3 is 2.41 bits per heavy atom. The smallest absolute Gasteiger partial charge is 0.254 e.